The van der Waals surface area contributed by atoms with E-state index in [1.807, 2.05) is 0 Å². The summed E-state index contributed by atoms with van der Waals surface area (Å²) in [5.74, 6) is -3.60. The molecule has 2 aromatic rings. The number of nitro groups is 1. The lowest BCUT2D eigenvalue weighted by atomic mass is 9.83. The lowest BCUT2D eigenvalue weighted by Gasteiger charge is -2.34. The minimum atomic E-state index is -0.809. The van der Waals surface area contributed by atoms with Gasteiger partial charge >= 0.3 is 5.97 Å². The van der Waals surface area contributed by atoms with Gasteiger partial charge in [0, 0.05) is 35.7 Å². The molecule has 1 aliphatic rings. The number of halogens is 2. The van der Waals surface area contributed by atoms with Gasteiger partial charge in [-0.15, -0.1) is 0 Å². The lowest BCUT2D eigenvalue weighted by Crippen LogP contribution is -2.38. The molecule has 7 nitrogen and oxygen atoms in total. The maximum Gasteiger partial charge on any atom is 0.336 e. The topological polar surface area (TPSA) is 89.8 Å². The quantitative estimate of drug-likeness (QED) is 0.420. The van der Waals surface area contributed by atoms with Gasteiger partial charge in [0.2, 0.25) is 5.91 Å². The molecule has 156 valence electrons. The summed E-state index contributed by atoms with van der Waals surface area (Å²) in [7, 11) is 1.17. The molecule has 1 unspecified atom stereocenters. The van der Waals surface area contributed by atoms with Crippen LogP contribution in [-0.2, 0) is 20.9 Å². The second kappa shape index (κ2) is 8.40. The van der Waals surface area contributed by atoms with Crippen LogP contribution in [0.2, 0.25) is 0 Å². The third-order valence-electron chi connectivity index (χ3n) is 5.09. The molecule has 0 saturated heterocycles. The molecule has 3 rings (SSSR count). The van der Waals surface area contributed by atoms with Gasteiger partial charge in [-0.3, -0.25) is 14.9 Å². The Hall–Kier alpha value is -3.62. The number of amides is 1. The molecule has 0 radical (unpaired) electrons. The molecule has 1 heterocycles. The summed E-state index contributed by atoms with van der Waals surface area (Å²) in [6, 6.07) is 9.01. The molecule has 1 aliphatic heterocycles. The van der Waals surface area contributed by atoms with E-state index in [0.29, 0.717) is 5.56 Å². The van der Waals surface area contributed by atoms with Crippen LogP contribution in [0.1, 0.15) is 30.4 Å². The third-order valence-corrected chi connectivity index (χ3v) is 5.09. The Labute approximate surface area is 170 Å². The van der Waals surface area contributed by atoms with Gasteiger partial charge < -0.3 is 9.64 Å². The molecule has 0 aromatic heterocycles. The summed E-state index contributed by atoms with van der Waals surface area (Å²) in [6.45, 7) is 1.08. The number of hydrogen-bond donors (Lipinski definition) is 0. The highest BCUT2D eigenvalue weighted by Gasteiger charge is 2.37. The average molecular weight is 416 g/mol. The van der Waals surface area contributed by atoms with Gasteiger partial charge in [-0.25, -0.2) is 13.6 Å². The summed E-state index contributed by atoms with van der Waals surface area (Å²) in [4.78, 5) is 37.0. The van der Waals surface area contributed by atoms with Crippen molar-refractivity contribution in [2.24, 2.45) is 0 Å². The number of nitro benzene ring substituents is 1. The Balaban J connectivity index is 2.08. The number of ether oxygens (including phenoxy) is 1. The van der Waals surface area contributed by atoms with E-state index in [2.05, 4.69) is 0 Å². The number of allylic oxidation sites excluding steroid dienone is 1. The van der Waals surface area contributed by atoms with Crippen LogP contribution >= 0.6 is 0 Å². The summed E-state index contributed by atoms with van der Waals surface area (Å²) in [5.41, 5.74) is 0.196. The van der Waals surface area contributed by atoms with Crippen LogP contribution in [0.3, 0.4) is 0 Å². The number of esters is 1. The molecule has 2 aromatic carbocycles. The largest absolute Gasteiger partial charge is 0.466 e. The van der Waals surface area contributed by atoms with Crippen LogP contribution in [0.4, 0.5) is 14.5 Å². The second-order valence-corrected chi connectivity index (χ2v) is 6.78. The van der Waals surface area contributed by atoms with Gasteiger partial charge in [-0.1, -0.05) is 18.2 Å². The van der Waals surface area contributed by atoms with Crippen LogP contribution in [0.25, 0.3) is 0 Å². The standard InChI is InChI=1S/C21H18F2N2O5/c1-12-20(21(27)30-2)15(13-5-3-6-14(9-13)25(28)29)10-19(26)24(12)11-16-17(22)7-4-8-18(16)23/h3-9,15H,10-11H2,1-2H3. The van der Waals surface area contributed by atoms with E-state index in [1.54, 1.807) is 6.07 Å². The zero-order valence-electron chi connectivity index (χ0n) is 16.2. The highest BCUT2D eigenvalue weighted by molar-refractivity contribution is 5.95. The zero-order valence-corrected chi connectivity index (χ0v) is 16.2. The van der Waals surface area contributed by atoms with Gasteiger partial charge in [0.15, 0.2) is 0 Å². The number of rotatable bonds is 5. The monoisotopic (exact) mass is 416 g/mol. The predicted octanol–water partition coefficient (Wildman–Crippen LogP) is 3.84. The highest BCUT2D eigenvalue weighted by atomic mass is 19.1. The summed E-state index contributed by atoms with van der Waals surface area (Å²) in [6.07, 6.45) is -0.209. The van der Waals surface area contributed by atoms with Crippen LogP contribution in [0.15, 0.2) is 53.7 Å². The Morgan fingerprint density at radius 3 is 2.47 bits per heavy atom. The molecule has 1 amide bonds. The SMILES string of the molecule is COC(=O)C1=C(C)N(Cc2c(F)cccc2F)C(=O)CC1c1cccc([N+](=O)[O-])c1. The first-order chi connectivity index (χ1) is 14.2. The molecule has 0 bridgehead atoms. The Morgan fingerprint density at radius 2 is 1.87 bits per heavy atom. The van der Waals surface area contributed by atoms with E-state index >= 15 is 0 Å². The molecular formula is C21H18F2N2O5. The molecule has 9 heteroatoms. The predicted molar refractivity (Wildman–Crippen MR) is 102 cm³/mol. The van der Waals surface area contributed by atoms with Crippen molar-refractivity contribution in [2.75, 3.05) is 7.11 Å². The first-order valence-electron chi connectivity index (χ1n) is 9.01. The number of carbonyl (C=O) groups is 2. The first-order valence-corrected chi connectivity index (χ1v) is 9.01. The molecule has 0 fully saturated rings. The van der Waals surface area contributed by atoms with Crippen molar-refractivity contribution >= 4 is 17.6 Å². The number of benzene rings is 2. The minimum absolute atomic E-state index is 0.106. The Kier molecular flexibility index (Phi) is 5.91. The van der Waals surface area contributed by atoms with E-state index in [1.165, 1.54) is 38.3 Å². The minimum Gasteiger partial charge on any atom is -0.466 e. The summed E-state index contributed by atoms with van der Waals surface area (Å²) in [5, 5.41) is 11.1. The number of nitrogens with zero attached hydrogens (tertiary/aromatic N) is 2. The Bertz CT molecular complexity index is 1050. The molecule has 0 aliphatic carbocycles. The van der Waals surface area contributed by atoms with Crippen molar-refractivity contribution in [3.63, 3.8) is 0 Å². The fourth-order valence-electron chi connectivity index (χ4n) is 3.56. The van der Waals surface area contributed by atoms with Crippen molar-refractivity contribution in [3.8, 4) is 0 Å². The van der Waals surface area contributed by atoms with Crippen molar-refractivity contribution in [2.45, 2.75) is 25.8 Å². The van der Waals surface area contributed by atoms with Gasteiger partial charge in [0.1, 0.15) is 11.6 Å². The van der Waals surface area contributed by atoms with E-state index < -0.39 is 40.9 Å². The van der Waals surface area contributed by atoms with Crippen LogP contribution in [0.5, 0.6) is 0 Å². The van der Waals surface area contributed by atoms with Gasteiger partial charge in [-0.2, -0.15) is 0 Å². The van der Waals surface area contributed by atoms with E-state index in [-0.39, 0.29) is 28.9 Å². The zero-order chi connectivity index (χ0) is 22.0. The molecule has 0 N–H and O–H groups in total. The fourth-order valence-corrected chi connectivity index (χ4v) is 3.56. The normalized spacial score (nSPS) is 16.6. The number of non-ortho nitro benzene ring substituents is 1. The summed E-state index contributed by atoms with van der Waals surface area (Å²) >= 11 is 0. The van der Waals surface area contributed by atoms with E-state index in [9.17, 15) is 28.5 Å². The number of methoxy groups -OCH3 is 1. The van der Waals surface area contributed by atoms with E-state index in [0.717, 1.165) is 17.0 Å². The van der Waals surface area contributed by atoms with Gasteiger partial charge in [0.25, 0.3) is 5.69 Å². The van der Waals surface area contributed by atoms with Crippen LogP contribution in [-0.4, -0.2) is 28.8 Å². The molecule has 0 saturated carbocycles. The van der Waals surface area contributed by atoms with E-state index in [4.69, 9.17) is 4.74 Å². The molecule has 1 atom stereocenters. The third kappa shape index (κ3) is 3.91. The molecule has 0 spiro atoms. The van der Waals surface area contributed by atoms with Crippen molar-refractivity contribution in [3.05, 3.63) is 86.6 Å². The average Bonchev–Trinajstić information content (AvgIpc) is 2.72. The number of hydrogen-bond acceptors (Lipinski definition) is 5. The lowest BCUT2D eigenvalue weighted by molar-refractivity contribution is -0.384. The second-order valence-electron chi connectivity index (χ2n) is 6.78. The first kappa shape index (κ1) is 21.1. The van der Waals surface area contributed by atoms with Gasteiger partial charge in [-0.05, 0) is 24.6 Å². The van der Waals surface area contributed by atoms with Crippen molar-refractivity contribution in [1.82, 2.24) is 4.90 Å². The maximum atomic E-state index is 14.1. The van der Waals surface area contributed by atoms with Crippen molar-refractivity contribution in [1.29, 1.82) is 0 Å². The summed E-state index contributed by atoms with van der Waals surface area (Å²) < 4.78 is 33.0. The van der Waals surface area contributed by atoms with Crippen LogP contribution in [0, 0.1) is 21.7 Å². The number of carbonyl (C=O) groups excluding carboxylic acids is 2. The van der Waals surface area contributed by atoms with Crippen molar-refractivity contribution < 1.29 is 28.0 Å². The highest BCUT2D eigenvalue weighted by Crippen LogP contribution is 2.38. The molecular weight excluding hydrogens is 398 g/mol. The Morgan fingerprint density at radius 1 is 1.23 bits per heavy atom. The maximum absolute atomic E-state index is 14.1. The smallest absolute Gasteiger partial charge is 0.336 e. The van der Waals surface area contributed by atoms with Crippen LogP contribution < -0.4 is 0 Å². The fraction of sp³-hybridized carbons (Fsp3) is 0.238. The van der Waals surface area contributed by atoms with Gasteiger partial charge in [0.05, 0.1) is 24.2 Å². The molecule has 30 heavy (non-hydrogen) atoms.